The van der Waals surface area contributed by atoms with E-state index in [1.807, 2.05) is 7.11 Å². The highest BCUT2D eigenvalue weighted by atomic mass is 16.5. The van der Waals surface area contributed by atoms with Gasteiger partial charge < -0.3 is 24.3 Å². The molecular formula is C34H51NO5. The molecule has 6 heteroatoms. The number of aliphatic carboxylic acids is 1. The Hall–Kier alpha value is -1.50. The third-order valence-corrected chi connectivity index (χ3v) is 13.0. The van der Waals surface area contributed by atoms with Crippen LogP contribution in [0.2, 0.25) is 0 Å². The van der Waals surface area contributed by atoms with E-state index in [0.717, 1.165) is 82.9 Å². The molecule has 1 N–H and O–H groups in total. The van der Waals surface area contributed by atoms with Gasteiger partial charge in [0, 0.05) is 32.2 Å². The fourth-order valence-electron chi connectivity index (χ4n) is 11.5. The molecule has 0 aromatic carbocycles. The first-order valence-electron chi connectivity index (χ1n) is 16.0. The lowest BCUT2D eigenvalue weighted by molar-refractivity contribution is -0.197. The van der Waals surface area contributed by atoms with Crippen molar-refractivity contribution in [1.29, 1.82) is 0 Å². The number of methoxy groups -OCH3 is 1. The van der Waals surface area contributed by atoms with Crippen LogP contribution in [0.25, 0.3) is 0 Å². The number of hydrogen-bond donors (Lipinski definition) is 1. The van der Waals surface area contributed by atoms with Crippen LogP contribution in [-0.4, -0.2) is 66.8 Å². The SMILES string of the molecule is C=C(C)CC1(OC)CCN(CC2CCC(C34C[C@@H]5[C@H](C)CC[C@H]5C5(C=O)CC3C=C(C(C)C)C45C(=O)O)O2)CC1. The van der Waals surface area contributed by atoms with E-state index in [1.54, 1.807) is 0 Å². The van der Waals surface area contributed by atoms with Crippen LogP contribution in [-0.2, 0) is 19.1 Å². The lowest BCUT2D eigenvalue weighted by Gasteiger charge is -2.60. The van der Waals surface area contributed by atoms with Crippen molar-refractivity contribution in [2.24, 2.45) is 45.8 Å². The van der Waals surface area contributed by atoms with Crippen LogP contribution >= 0.6 is 0 Å². The number of carboxylic acid groups (broad SMARTS) is 1. The number of carboxylic acids is 1. The number of allylic oxidation sites excluding steroid dienone is 1. The second kappa shape index (κ2) is 9.77. The highest BCUT2D eigenvalue weighted by Gasteiger charge is 2.86. The highest BCUT2D eigenvalue weighted by Crippen LogP contribution is 2.84. The first-order chi connectivity index (χ1) is 19.0. The molecule has 6 aliphatic rings. The quantitative estimate of drug-likeness (QED) is 0.283. The molecule has 0 aromatic rings. The van der Waals surface area contributed by atoms with E-state index in [0.29, 0.717) is 18.3 Å². The molecule has 3 saturated carbocycles. The van der Waals surface area contributed by atoms with E-state index < -0.39 is 22.2 Å². The topological polar surface area (TPSA) is 76.1 Å². The third kappa shape index (κ3) is 3.57. The largest absolute Gasteiger partial charge is 0.481 e. The molecule has 0 spiro atoms. The Morgan fingerprint density at radius 2 is 1.95 bits per heavy atom. The smallest absolute Gasteiger partial charge is 0.315 e. The van der Waals surface area contributed by atoms with E-state index in [1.165, 1.54) is 5.57 Å². The number of fused-ring (bicyclic) bond motifs is 2. The second-order valence-electron chi connectivity index (χ2n) is 15.0. The molecule has 9 atom stereocenters. The number of nitrogens with zero attached hydrogens (tertiary/aromatic N) is 1. The van der Waals surface area contributed by atoms with Gasteiger partial charge in [0.1, 0.15) is 11.7 Å². The normalized spacial score (nSPS) is 45.5. The average Bonchev–Trinajstić information content (AvgIpc) is 3.64. The molecular weight excluding hydrogens is 502 g/mol. The number of carbonyl (C=O) groups excluding carboxylic acids is 1. The van der Waals surface area contributed by atoms with E-state index in [4.69, 9.17) is 9.47 Å². The molecule has 6 nitrogen and oxygen atoms in total. The fourth-order valence-corrected chi connectivity index (χ4v) is 11.5. The lowest BCUT2D eigenvalue weighted by Crippen LogP contribution is -2.65. The Labute approximate surface area is 240 Å². The summed E-state index contributed by atoms with van der Waals surface area (Å²) in [4.78, 5) is 29.6. The highest BCUT2D eigenvalue weighted by molar-refractivity contribution is 5.90. The Balaban J connectivity index is 1.28. The summed E-state index contributed by atoms with van der Waals surface area (Å²) in [5.41, 5.74) is -0.406. The number of hydrogen-bond acceptors (Lipinski definition) is 5. The molecule has 222 valence electrons. The average molecular weight is 554 g/mol. The maximum absolute atomic E-state index is 13.8. The summed E-state index contributed by atoms with van der Waals surface area (Å²) in [5.74, 6) is 0.536. The third-order valence-electron chi connectivity index (χ3n) is 13.0. The van der Waals surface area contributed by atoms with Crippen molar-refractivity contribution in [3.8, 4) is 0 Å². The van der Waals surface area contributed by atoms with Gasteiger partial charge in [0.2, 0.25) is 0 Å². The number of rotatable bonds is 9. The van der Waals surface area contributed by atoms with Crippen molar-refractivity contribution >= 4 is 12.3 Å². The molecule has 5 fully saturated rings. The van der Waals surface area contributed by atoms with Crippen LogP contribution in [0.4, 0.5) is 0 Å². The Bertz CT molecular complexity index is 1090. The van der Waals surface area contributed by atoms with Gasteiger partial charge in [0.05, 0.1) is 23.2 Å². The van der Waals surface area contributed by atoms with Crippen molar-refractivity contribution < 1.29 is 24.2 Å². The van der Waals surface area contributed by atoms with Crippen molar-refractivity contribution in [2.75, 3.05) is 26.7 Å². The summed E-state index contributed by atoms with van der Waals surface area (Å²) in [7, 11) is 1.83. The zero-order valence-corrected chi connectivity index (χ0v) is 25.4. The van der Waals surface area contributed by atoms with Gasteiger partial charge in [-0.15, -0.1) is 6.58 Å². The van der Waals surface area contributed by atoms with Crippen molar-refractivity contribution in [3.63, 3.8) is 0 Å². The van der Waals surface area contributed by atoms with Gasteiger partial charge in [-0.05, 0) is 87.9 Å². The Kier molecular flexibility index (Phi) is 6.99. The summed E-state index contributed by atoms with van der Waals surface area (Å²) < 4.78 is 13.0. The second-order valence-corrected chi connectivity index (χ2v) is 15.0. The van der Waals surface area contributed by atoms with Crippen molar-refractivity contribution in [2.45, 2.75) is 103 Å². The van der Waals surface area contributed by atoms with Gasteiger partial charge in [-0.2, -0.15) is 0 Å². The van der Waals surface area contributed by atoms with E-state index in [2.05, 4.69) is 45.2 Å². The van der Waals surface area contributed by atoms with Gasteiger partial charge in [-0.3, -0.25) is 4.79 Å². The monoisotopic (exact) mass is 553 g/mol. The number of piperidine rings is 1. The van der Waals surface area contributed by atoms with E-state index in [9.17, 15) is 14.7 Å². The van der Waals surface area contributed by atoms with E-state index in [-0.39, 0.29) is 35.6 Å². The molecule has 4 bridgehead atoms. The van der Waals surface area contributed by atoms with Crippen LogP contribution in [0.15, 0.2) is 23.8 Å². The minimum Gasteiger partial charge on any atom is -0.481 e. The van der Waals surface area contributed by atoms with Crippen LogP contribution < -0.4 is 0 Å². The maximum atomic E-state index is 13.8. The minimum atomic E-state index is -1.14. The molecule has 0 aromatic heterocycles. The van der Waals surface area contributed by atoms with Gasteiger partial charge in [0.15, 0.2) is 0 Å². The fraction of sp³-hybridized carbons (Fsp3) is 0.824. The van der Waals surface area contributed by atoms with E-state index >= 15 is 0 Å². The zero-order chi connectivity index (χ0) is 28.7. The number of likely N-dealkylation sites (tertiary alicyclic amines) is 1. The predicted molar refractivity (Wildman–Crippen MR) is 155 cm³/mol. The molecule has 2 heterocycles. The maximum Gasteiger partial charge on any atom is 0.315 e. The van der Waals surface area contributed by atoms with Crippen molar-refractivity contribution in [1.82, 2.24) is 4.90 Å². The van der Waals surface area contributed by atoms with Gasteiger partial charge in [0.25, 0.3) is 0 Å². The van der Waals surface area contributed by atoms with Crippen LogP contribution in [0.5, 0.6) is 0 Å². The minimum absolute atomic E-state index is 0.0984. The molecule has 2 saturated heterocycles. The zero-order valence-electron chi connectivity index (χ0n) is 25.4. The van der Waals surface area contributed by atoms with Gasteiger partial charge >= 0.3 is 5.97 Å². The molecule has 0 amide bonds. The standard InChI is InChI=1S/C34H51NO5/c1-21(2)16-31(39-6)11-13-35(14-12-31)19-25-8-10-29(40-25)33-18-26-23(5)7-9-27(26)32(20-36)17-24(33)15-28(22(3)4)34(32,33)30(37)38/h15,20,22-27,29H,1,7-14,16-19H2,2-6H3,(H,37,38)/t23-,24?,25?,26-,27-,29?,32?,33?,34?/m1/s1. The summed E-state index contributed by atoms with van der Waals surface area (Å²) >= 11 is 0. The van der Waals surface area contributed by atoms with Crippen LogP contribution in [0.3, 0.4) is 0 Å². The van der Waals surface area contributed by atoms with Crippen LogP contribution in [0, 0.1) is 45.8 Å². The Morgan fingerprint density at radius 3 is 2.55 bits per heavy atom. The molecule has 4 aliphatic carbocycles. The first kappa shape index (κ1) is 28.6. The summed E-state index contributed by atoms with van der Waals surface area (Å²) in [6.07, 6.45) is 11.8. The first-order valence-corrected chi connectivity index (χ1v) is 16.0. The molecule has 40 heavy (non-hydrogen) atoms. The molecule has 6 rings (SSSR count). The number of aldehydes is 1. The predicted octanol–water partition coefficient (Wildman–Crippen LogP) is 5.91. The molecule has 0 radical (unpaired) electrons. The van der Waals surface area contributed by atoms with Crippen LogP contribution in [0.1, 0.15) is 85.5 Å². The summed E-state index contributed by atoms with van der Waals surface area (Å²) in [6.45, 7) is 15.6. The molecule has 2 aliphatic heterocycles. The lowest BCUT2D eigenvalue weighted by atomic mass is 9.41. The summed E-state index contributed by atoms with van der Waals surface area (Å²) in [6, 6.07) is 0. The molecule has 6 unspecified atom stereocenters. The van der Waals surface area contributed by atoms with Gasteiger partial charge in [-0.1, -0.05) is 44.4 Å². The Morgan fingerprint density at radius 1 is 1.23 bits per heavy atom. The van der Waals surface area contributed by atoms with Crippen molar-refractivity contribution in [3.05, 3.63) is 23.8 Å². The summed E-state index contributed by atoms with van der Waals surface area (Å²) in [5, 5.41) is 11.3. The number of carbonyl (C=O) groups is 2. The van der Waals surface area contributed by atoms with Gasteiger partial charge in [-0.25, -0.2) is 0 Å². The number of ether oxygens (including phenoxy) is 2.